The molecule has 0 radical (unpaired) electrons. The lowest BCUT2D eigenvalue weighted by Gasteiger charge is -2.08. The Bertz CT molecular complexity index is 729. The molecule has 7 nitrogen and oxygen atoms in total. The van der Waals surface area contributed by atoms with Crippen LogP contribution in [0, 0.1) is 0 Å². The van der Waals surface area contributed by atoms with Gasteiger partial charge in [0.05, 0.1) is 5.69 Å². The molecule has 0 saturated heterocycles. The van der Waals surface area contributed by atoms with Crippen LogP contribution in [0.4, 0.5) is 13.2 Å². The van der Waals surface area contributed by atoms with E-state index in [-0.39, 0.29) is 5.75 Å². The van der Waals surface area contributed by atoms with Crippen LogP contribution in [0.15, 0.2) is 46.4 Å². The minimum Gasteiger partial charge on any atom is -0.406 e. The zero-order valence-corrected chi connectivity index (χ0v) is 14.2. The first kappa shape index (κ1) is 17.4. The third-order valence-corrected chi connectivity index (χ3v) is 2.93. The molecule has 12 heteroatoms. The van der Waals surface area contributed by atoms with Crippen molar-refractivity contribution in [1.82, 2.24) is 29.9 Å². The van der Waals surface area contributed by atoms with Gasteiger partial charge in [-0.1, -0.05) is 0 Å². The van der Waals surface area contributed by atoms with E-state index in [1.165, 1.54) is 41.6 Å². The Labute approximate surface area is 144 Å². The number of hydrogen-bond acceptors (Lipinski definition) is 5. The summed E-state index contributed by atoms with van der Waals surface area (Å²) in [6.45, 7) is 0. The molecule has 3 aromatic rings. The molecule has 1 N–H and O–H groups in total. The zero-order valence-electron chi connectivity index (χ0n) is 11.0. The van der Waals surface area contributed by atoms with Crippen LogP contribution in [-0.2, 0) is 0 Å². The fourth-order valence-electron chi connectivity index (χ4n) is 1.36. The predicted molar refractivity (Wildman–Crippen MR) is 79.8 cm³/mol. The van der Waals surface area contributed by atoms with Gasteiger partial charge in [-0.15, -0.1) is 18.3 Å². The van der Waals surface area contributed by atoms with Gasteiger partial charge in [0.25, 0.3) is 0 Å². The number of halogens is 5. The standard InChI is InChI=1S/C9H5BrF3N3O.C2H2BrN3/c10-8-14-5-16(15-8)6-1-3-7(4-2-6)17-9(11,12)13;3-2-4-1-5-6-2/h1-5H;1H,(H,4,5,6). The van der Waals surface area contributed by atoms with Crippen molar-refractivity contribution in [2.24, 2.45) is 0 Å². The minimum absolute atomic E-state index is 0.277. The Morgan fingerprint density at radius 3 is 2.17 bits per heavy atom. The van der Waals surface area contributed by atoms with Gasteiger partial charge in [-0.2, -0.15) is 5.10 Å². The van der Waals surface area contributed by atoms with E-state index in [0.29, 0.717) is 15.2 Å². The van der Waals surface area contributed by atoms with Crippen molar-refractivity contribution in [3.8, 4) is 11.4 Å². The Morgan fingerprint density at radius 2 is 1.78 bits per heavy atom. The molecule has 0 atom stereocenters. The fraction of sp³-hybridized carbons (Fsp3) is 0.0909. The van der Waals surface area contributed by atoms with E-state index >= 15 is 0 Å². The molecule has 0 unspecified atom stereocenters. The van der Waals surface area contributed by atoms with E-state index in [1.54, 1.807) is 0 Å². The molecule has 3 rings (SSSR count). The molecule has 0 aliphatic carbocycles. The molecule has 122 valence electrons. The lowest BCUT2D eigenvalue weighted by molar-refractivity contribution is -0.274. The molecule has 2 aromatic heterocycles. The number of rotatable bonds is 2. The minimum atomic E-state index is -4.68. The van der Waals surface area contributed by atoms with Crippen LogP contribution < -0.4 is 4.74 Å². The van der Waals surface area contributed by atoms with Crippen molar-refractivity contribution >= 4 is 31.9 Å². The van der Waals surface area contributed by atoms with Crippen molar-refractivity contribution in [3.05, 3.63) is 46.4 Å². The van der Waals surface area contributed by atoms with Gasteiger partial charge in [0.1, 0.15) is 18.4 Å². The van der Waals surface area contributed by atoms with Crippen molar-refractivity contribution in [3.63, 3.8) is 0 Å². The first-order valence-corrected chi connectivity index (χ1v) is 7.36. The molecule has 0 aliphatic heterocycles. The molecule has 0 bridgehead atoms. The maximum atomic E-state index is 11.9. The van der Waals surface area contributed by atoms with Crippen LogP contribution in [0.1, 0.15) is 0 Å². The second-order valence-electron chi connectivity index (χ2n) is 3.78. The lowest BCUT2D eigenvalue weighted by Crippen LogP contribution is -2.17. The van der Waals surface area contributed by atoms with Gasteiger partial charge in [-0.05, 0) is 56.1 Å². The summed E-state index contributed by atoms with van der Waals surface area (Å²) < 4.78 is 42.0. The molecule has 23 heavy (non-hydrogen) atoms. The van der Waals surface area contributed by atoms with E-state index in [2.05, 4.69) is 61.9 Å². The maximum absolute atomic E-state index is 11.9. The number of ether oxygens (including phenoxy) is 1. The highest BCUT2D eigenvalue weighted by Gasteiger charge is 2.30. The molecule has 0 amide bonds. The number of benzene rings is 1. The first-order valence-electron chi connectivity index (χ1n) is 5.78. The molecular formula is C11H7Br2F3N6O. The largest absolute Gasteiger partial charge is 0.573 e. The Balaban J connectivity index is 0.000000268. The molecule has 0 aliphatic rings. The Kier molecular flexibility index (Phi) is 5.71. The van der Waals surface area contributed by atoms with E-state index in [0.717, 1.165) is 0 Å². The van der Waals surface area contributed by atoms with Crippen molar-refractivity contribution in [2.75, 3.05) is 0 Å². The van der Waals surface area contributed by atoms with Gasteiger partial charge in [0.15, 0.2) is 4.73 Å². The smallest absolute Gasteiger partial charge is 0.406 e. The second kappa shape index (κ2) is 7.55. The highest BCUT2D eigenvalue weighted by Crippen LogP contribution is 2.23. The van der Waals surface area contributed by atoms with Crippen LogP contribution in [0.5, 0.6) is 5.75 Å². The lowest BCUT2D eigenvalue weighted by atomic mass is 10.3. The summed E-state index contributed by atoms with van der Waals surface area (Å²) in [5.41, 5.74) is 0.581. The molecule has 1 aromatic carbocycles. The van der Waals surface area contributed by atoms with Crippen LogP contribution in [0.25, 0.3) is 5.69 Å². The molecule has 0 saturated carbocycles. The first-order chi connectivity index (χ1) is 10.8. The third-order valence-electron chi connectivity index (χ3n) is 2.18. The van der Waals surface area contributed by atoms with Crippen LogP contribution >= 0.6 is 31.9 Å². The highest BCUT2D eigenvalue weighted by molar-refractivity contribution is 9.10. The van der Waals surface area contributed by atoms with Crippen molar-refractivity contribution < 1.29 is 17.9 Å². The molecule has 0 spiro atoms. The number of alkyl halides is 3. The molecule has 2 heterocycles. The van der Waals surface area contributed by atoms with E-state index in [4.69, 9.17) is 0 Å². The van der Waals surface area contributed by atoms with E-state index in [9.17, 15) is 13.2 Å². The molecule has 0 fully saturated rings. The number of nitrogens with zero attached hydrogens (tertiary/aromatic N) is 5. The van der Waals surface area contributed by atoms with Gasteiger partial charge in [0.2, 0.25) is 4.73 Å². The fourth-order valence-corrected chi connectivity index (χ4v) is 1.81. The average Bonchev–Trinajstić information content (AvgIpc) is 3.10. The second-order valence-corrected chi connectivity index (χ2v) is 5.24. The van der Waals surface area contributed by atoms with Crippen LogP contribution in [-0.4, -0.2) is 36.3 Å². The number of nitrogens with one attached hydrogen (secondary N) is 1. The maximum Gasteiger partial charge on any atom is 0.573 e. The van der Waals surface area contributed by atoms with Crippen molar-refractivity contribution in [1.29, 1.82) is 0 Å². The Morgan fingerprint density at radius 1 is 1.09 bits per heavy atom. The number of aromatic nitrogens is 6. The highest BCUT2D eigenvalue weighted by atomic mass is 79.9. The Hall–Kier alpha value is -1.95. The zero-order chi connectivity index (χ0) is 16.9. The summed E-state index contributed by atoms with van der Waals surface area (Å²) in [4.78, 5) is 7.50. The van der Waals surface area contributed by atoms with Crippen molar-refractivity contribution in [2.45, 2.75) is 6.36 Å². The topological polar surface area (TPSA) is 81.5 Å². The monoisotopic (exact) mass is 454 g/mol. The third kappa shape index (κ3) is 5.98. The SMILES string of the molecule is Brc1ncn[nH]1.FC(F)(F)Oc1ccc(-n2cnc(Br)n2)cc1. The summed E-state index contributed by atoms with van der Waals surface area (Å²) in [6.07, 6.45) is -1.81. The van der Waals surface area contributed by atoms with Crippen LogP contribution in [0.2, 0.25) is 0 Å². The van der Waals surface area contributed by atoms with Gasteiger partial charge in [-0.25, -0.2) is 14.6 Å². The predicted octanol–water partition coefficient (Wildman–Crippen LogP) is 3.50. The summed E-state index contributed by atoms with van der Waals surface area (Å²) in [5, 5.41) is 10.0. The quantitative estimate of drug-likeness (QED) is 0.639. The van der Waals surface area contributed by atoms with Gasteiger partial charge in [0, 0.05) is 0 Å². The summed E-state index contributed by atoms with van der Waals surface area (Å²) in [5.74, 6) is -0.277. The normalized spacial score (nSPS) is 10.8. The van der Waals surface area contributed by atoms with E-state index in [1.807, 2.05) is 0 Å². The van der Waals surface area contributed by atoms with E-state index < -0.39 is 6.36 Å². The number of hydrogen-bond donors (Lipinski definition) is 1. The summed E-state index contributed by atoms with van der Waals surface area (Å²) in [6, 6.07) is 5.31. The van der Waals surface area contributed by atoms with Gasteiger partial charge in [-0.3, -0.25) is 5.10 Å². The molecular weight excluding hydrogens is 449 g/mol. The number of aromatic amines is 1. The number of H-pyrrole nitrogens is 1. The average molecular weight is 456 g/mol. The van der Waals surface area contributed by atoms with Gasteiger partial charge < -0.3 is 4.74 Å². The summed E-state index contributed by atoms with van der Waals surface area (Å²) >= 11 is 6.12. The van der Waals surface area contributed by atoms with Crippen LogP contribution in [0.3, 0.4) is 0 Å². The summed E-state index contributed by atoms with van der Waals surface area (Å²) in [7, 11) is 0. The van der Waals surface area contributed by atoms with Gasteiger partial charge >= 0.3 is 6.36 Å².